The molecular formula is C22H27N3O5S. The standard InChI is InChI=1S/C22H27N3O5S/c1-3-11-23-22(26)25-12-10-16-13-18(8-9-19(16)25)31(27,28)24(2)14-17-15-29-20-6-4-5-7-21(20)30-17/h4-9,13,17H,3,10-12,14-15H2,1-2H3,(H,23,26)/t17-/m0/s1. The molecule has 0 fully saturated rings. The second kappa shape index (κ2) is 8.76. The van der Waals surface area contributed by atoms with E-state index < -0.39 is 16.1 Å². The Morgan fingerprint density at radius 2 is 2.00 bits per heavy atom. The molecule has 1 N–H and O–H groups in total. The van der Waals surface area contributed by atoms with Gasteiger partial charge in [-0.2, -0.15) is 4.31 Å². The summed E-state index contributed by atoms with van der Waals surface area (Å²) in [6.07, 6.45) is 1.08. The fraction of sp³-hybridized carbons (Fsp3) is 0.409. The number of hydrogen-bond donors (Lipinski definition) is 1. The lowest BCUT2D eigenvalue weighted by Gasteiger charge is -2.29. The van der Waals surface area contributed by atoms with Crippen LogP contribution in [0.4, 0.5) is 10.5 Å². The molecule has 9 heteroatoms. The molecule has 0 bridgehead atoms. The molecule has 0 saturated heterocycles. The molecule has 0 aliphatic carbocycles. The summed E-state index contributed by atoms with van der Waals surface area (Å²) >= 11 is 0. The van der Waals surface area contributed by atoms with Gasteiger partial charge in [0.25, 0.3) is 0 Å². The number of rotatable bonds is 6. The van der Waals surface area contributed by atoms with Gasteiger partial charge in [-0.25, -0.2) is 13.2 Å². The van der Waals surface area contributed by atoms with E-state index in [0.29, 0.717) is 31.0 Å². The van der Waals surface area contributed by atoms with Crippen molar-refractivity contribution in [2.24, 2.45) is 0 Å². The van der Waals surface area contributed by atoms with E-state index in [9.17, 15) is 13.2 Å². The van der Waals surface area contributed by atoms with Crippen LogP contribution in [0.2, 0.25) is 0 Å². The van der Waals surface area contributed by atoms with Gasteiger partial charge in [-0.05, 0) is 48.7 Å². The summed E-state index contributed by atoms with van der Waals surface area (Å²) in [5, 5.41) is 2.87. The van der Waals surface area contributed by atoms with Gasteiger partial charge in [0, 0.05) is 25.8 Å². The maximum Gasteiger partial charge on any atom is 0.321 e. The van der Waals surface area contributed by atoms with E-state index in [1.807, 2.05) is 25.1 Å². The highest BCUT2D eigenvalue weighted by molar-refractivity contribution is 7.89. The Bertz CT molecular complexity index is 1070. The lowest BCUT2D eigenvalue weighted by atomic mass is 10.2. The van der Waals surface area contributed by atoms with Crippen molar-refractivity contribution in [3.8, 4) is 11.5 Å². The third-order valence-corrected chi connectivity index (χ3v) is 7.27. The molecule has 2 aliphatic rings. The molecule has 0 spiro atoms. The Kier molecular flexibility index (Phi) is 6.06. The number of amides is 2. The molecule has 4 rings (SSSR count). The normalized spacial score (nSPS) is 17.5. The van der Waals surface area contributed by atoms with Gasteiger partial charge in [0.2, 0.25) is 10.0 Å². The average Bonchev–Trinajstić information content (AvgIpc) is 3.20. The first-order valence-electron chi connectivity index (χ1n) is 10.4. The van der Waals surface area contributed by atoms with Crippen LogP contribution in [0.5, 0.6) is 11.5 Å². The third-order valence-electron chi connectivity index (χ3n) is 5.45. The van der Waals surface area contributed by atoms with Crippen LogP contribution in [0.25, 0.3) is 0 Å². The number of benzene rings is 2. The van der Waals surface area contributed by atoms with E-state index in [0.717, 1.165) is 17.7 Å². The van der Waals surface area contributed by atoms with E-state index in [-0.39, 0.29) is 24.1 Å². The number of carbonyl (C=O) groups excluding carboxylic acids is 1. The van der Waals surface area contributed by atoms with Crippen LogP contribution >= 0.6 is 0 Å². The van der Waals surface area contributed by atoms with Gasteiger partial charge in [-0.3, -0.25) is 4.90 Å². The number of urea groups is 1. The van der Waals surface area contributed by atoms with Gasteiger partial charge < -0.3 is 14.8 Å². The smallest absolute Gasteiger partial charge is 0.321 e. The molecule has 166 valence electrons. The van der Waals surface area contributed by atoms with Crippen molar-refractivity contribution in [2.45, 2.75) is 30.8 Å². The molecule has 2 heterocycles. The van der Waals surface area contributed by atoms with E-state index in [1.165, 1.54) is 11.4 Å². The zero-order chi connectivity index (χ0) is 22.0. The summed E-state index contributed by atoms with van der Waals surface area (Å²) in [5.41, 5.74) is 1.61. The van der Waals surface area contributed by atoms with Crippen molar-refractivity contribution in [2.75, 3.05) is 38.2 Å². The minimum Gasteiger partial charge on any atom is -0.486 e. The van der Waals surface area contributed by atoms with Gasteiger partial charge in [0.1, 0.15) is 12.7 Å². The summed E-state index contributed by atoms with van der Waals surface area (Å²) in [6, 6.07) is 12.1. The van der Waals surface area contributed by atoms with Crippen LogP contribution in [-0.2, 0) is 16.4 Å². The molecule has 31 heavy (non-hydrogen) atoms. The van der Waals surface area contributed by atoms with Crippen LogP contribution < -0.4 is 19.7 Å². The first-order chi connectivity index (χ1) is 14.9. The minimum absolute atomic E-state index is 0.150. The van der Waals surface area contributed by atoms with Crippen LogP contribution in [0.3, 0.4) is 0 Å². The predicted molar refractivity (Wildman–Crippen MR) is 117 cm³/mol. The van der Waals surface area contributed by atoms with Crippen LogP contribution in [0, 0.1) is 0 Å². The molecule has 2 aromatic rings. The quantitative estimate of drug-likeness (QED) is 0.739. The number of nitrogens with zero attached hydrogens (tertiary/aromatic N) is 2. The van der Waals surface area contributed by atoms with Gasteiger partial charge >= 0.3 is 6.03 Å². The van der Waals surface area contributed by atoms with Crippen molar-refractivity contribution >= 4 is 21.7 Å². The second-order valence-electron chi connectivity index (χ2n) is 7.71. The second-order valence-corrected chi connectivity index (χ2v) is 9.75. The van der Waals surface area contributed by atoms with Gasteiger partial charge in [-0.1, -0.05) is 19.1 Å². The molecule has 2 amide bonds. The Morgan fingerprint density at radius 1 is 1.23 bits per heavy atom. The topological polar surface area (TPSA) is 88.2 Å². The van der Waals surface area contributed by atoms with Crippen molar-refractivity contribution in [3.63, 3.8) is 0 Å². The summed E-state index contributed by atoms with van der Waals surface area (Å²) < 4.78 is 39.2. The fourth-order valence-corrected chi connectivity index (χ4v) is 5.05. The molecule has 0 aromatic heterocycles. The average molecular weight is 446 g/mol. The number of anilines is 1. The third kappa shape index (κ3) is 4.33. The van der Waals surface area contributed by atoms with Crippen molar-refractivity contribution in [3.05, 3.63) is 48.0 Å². The molecule has 0 radical (unpaired) electrons. The Balaban J connectivity index is 1.46. The maximum atomic E-state index is 13.1. The monoisotopic (exact) mass is 445 g/mol. The lowest BCUT2D eigenvalue weighted by molar-refractivity contribution is 0.0798. The number of ether oxygens (including phenoxy) is 2. The zero-order valence-corrected chi connectivity index (χ0v) is 18.5. The number of carbonyl (C=O) groups is 1. The highest BCUT2D eigenvalue weighted by Gasteiger charge is 2.30. The van der Waals surface area contributed by atoms with Crippen LogP contribution in [-0.4, -0.2) is 58.1 Å². The molecule has 0 saturated carbocycles. The highest BCUT2D eigenvalue weighted by atomic mass is 32.2. The lowest BCUT2D eigenvalue weighted by Crippen LogP contribution is -2.41. The summed E-state index contributed by atoms with van der Waals surface area (Å²) in [6.45, 7) is 3.59. The first-order valence-corrected chi connectivity index (χ1v) is 11.9. The largest absolute Gasteiger partial charge is 0.486 e. The molecule has 2 aromatic carbocycles. The Labute approximate surface area is 182 Å². The van der Waals surface area contributed by atoms with Crippen LogP contribution in [0.15, 0.2) is 47.4 Å². The number of para-hydroxylation sites is 2. The number of sulfonamides is 1. The molecule has 8 nitrogen and oxygen atoms in total. The van der Waals surface area contributed by atoms with E-state index in [4.69, 9.17) is 9.47 Å². The summed E-state index contributed by atoms with van der Waals surface area (Å²) in [7, 11) is -2.17. The van der Waals surface area contributed by atoms with Gasteiger partial charge in [-0.15, -0.1) is 0 Å². The van der Waals surface area contributed by atoms with Crippen molar-refractivity contribution in [1.82, 2.24) is 9.62 Å². The molecule has 0 unspecified atom stereocenters. The molecule has 1 atom stereocenters. The predicted octanol–water partition coefficient (Wildman–Crippen LogP) is 2.63. The molecular weight excluding hydrogens is 418 g/mol. The minimum atomic E-state index is -3.71. The van der Waals surface area contributed by atoms with Gasteiger partial charge in [0.15, 0.2) is 11.5 Å². The number of fused-ring (bicyclic) bond motifs is 2. The van der Waals surface area contributed by atoms with E-state index in [2.05, 4.69) is 5.32 Å². The van der Waals surface area contributed by atoms with E-state index in [1.54, 1.807) is 29.2 Å². The SMILES string of the molecule is CCCNC(=O)N1CCc2cc(S(=O)(=O)N(C)C[C@H]3COc4ccccc4O3)ccc21. The Morgan fingerprint density at radius 3 is 2.77 bits per heavy atom. The van der Waals surface area contributed by atoms with Crippen molar-refractivity contribution in [1.29, 1.82) is 0 Å². The zero-order valence-electron chi connectivity index (χ0n) is 17.7. The summed E-state index contributed by atoms with van der Waals surface area (Å²) in [5.74, 6) is 1.28. The first kappa shape index (κ1) is 21.5. The molecule has 2 aliphatic heterocycles. The number of nitrogens with one attached hydrogen (secondary N) is 1. The van der Waals surface area contributed by atoms with E-state index >= 15 is 0 Å². The summed E-state index contributed by atoms with van der Waals surface area (Å²) in [4.78, 5) is 14.2. The fourth-order valence-electron chi connectivity index (χ4n) is 3.79. The number of hydrogen-bond acceptors (Lipinski definition) is 5. The number of likely N-dealkylation sites (N-methyl/N-ethyl adjacent to an activating group) is 1. The maximum absolute atomic E-state index is 13.1. The van der Waals surface area contributed by atoms with Crippen LogP contribution in [0.1, 0.15) is 18.9 Å². The van der Waals surface area contributed by atoms with Gasteiger partial charge in [0.05, 0.1) is 11.4 Å². The van der Waals surface area contributed by atoms with Crippen molar-refractivity contribution < 1.29 is 22.7 Å². The Hall–Kier alpha value is -2.78. The highest BCUT2D eigenvalue weighted by Crippen LogP contribution is 2.33.